The Hall–Kier alpha value is -4.65. The Kier molecular flexibility index (Phi) is 6.54. The zero-order valence-electron chi connectivity index (χ0n) is 17.7. The predicted molar refractivity (Wildman–Crippen MR) is 125 cm³/mol. The van der Waals surface area contributed by atoms with Gasteiger partial charge in [-0.25, -0.2) is 8.78 Å². The van der Waals surface area contributed by atoms with Gasteiger partial charge in [0.15, 0.2) is 5.78 Å². The maximum absolute atomic E-state index is 13.0. The van der Waals surface area contributed by atoms with Gasteiger partial charge in [0.2, 0.25) is 0 Å². The highest BCUT2D eigenvalue weighted by atomic mass is 19.1. The van der Waals surface area contributed by atoms with Crippen molar-refractivity contribution in [3.05, 3.63) is 131 Å². The van der Waals surface area contributed by atoms with Gasteiger partial charge in [-0.05, 0) is 97.1 Å². The highest BCUT2D eigenvalue weighted by molar-refractivity contribution is 6.10. The van der Waals surface area contributed by atoms with Gasteiger partial charge in [0.1, 0.15) is 11.6 Å². The van der Waals surface area contributed by atoms with E-state index in [9.17, 15) is 23.2 Å². The number of benzene rings is 4. The van der Waals surface area contributed by atoms with Crippen LogP contribution in [0.15, 0.2) is 97.1 Å². The number of hydrogen-bond acceptors (Lipinski definition) is 3. The number of amides is 2. The first-order chi connectivity index (χ1) is 16.4. The molecule has 0 saturated heterocycles. The average Bonchev–Trinajstić information content (AvgIpc) is 2.85. The molecule has 0 saturated carbocycles. The molecule has 34 heavy (non-hydrogen) atoms. The number of rotatable bonds is 6. The van der Waals surface area contributed by atoms with Crippen LogP contribution >= 0.6 is 0 Å². The Balaban J connectivity index is 1.38. The van der Waals surface area contributed by atoms with Gasteiger partial charge in [-0.1, -0.05) is 0 Å². The maximum atomic E-state index is 13.0. The van der Waals surface area contributed by atoms with E-state index >= 15 is 0 Å². The van der Waals surface area contributed by atoms with Crippen LogP contribution < -0.4 is 10.6 Å². The topological polar surface area (TPSA) is 75.3 Å². The number of ketones is 1. The summed E-state index contributed by atoms with van der Waals surface area (Å²) in [6, 6.07) is 23.1. The van der Waals surface area contributed by atoms with Crippen molar-refractivity contribution < 1.29 is 23.2 Å². The Morgan fingerprint density at radius 2 is 0.735 bits per heavy atom. The highest BCUT2D eigenvalue weighted by Gasteiger charge is 2.12. The summed E-state index contributed by atoms with van der Waals surface area (Å²) in [5.74, 6) is -1.87. The predicted octanol–water partition coefficient (Wildman–Crippen LogP) is 5.70. The van der Waals surface area contributed by atoms with Crippen LogP contribution in [0.5, 0.6) is 0 Å². The van der Waals surface area contributed by atoms with Gasteiger partial charge in [-0.2, -0.15) is 0 Å². The quantitative estimate of drug-likeness (QED) is 0.366. The summed E-state index contributed by atoms with van der Waals surface area (Å²) >= 11 is 0. The van der Waals surface area contributed by atoms with E-state index in [1.165, 1.54) is 48.5 Å². The van der Waals surface area contributed by atoms with Gasteiger partial charge in [0, 0.05) is 33.6 Å². The molecule has 4 rings (SSSR count). The van der Waals surface area contributed by atoms with Gasteiger partial charge in [0.05, 0.1) is 0 Å². The summed E-state index contributed by atoms with van der Waals surface area (Å²) in [5.41, 5.74) is 2.45. The second kappa shape index (κ2) is 9.87. The minimum Gasteiger partial charge on any atom is -0.322 e. The van der Waals surface area contributed by atoms with Crippen LogP contribution in [0.4, 0.5) is 20.2 Å². The number of carbonyl (C=O) groups excluding carboxylic acids is 3. The first kappa shape index (κ1) is 22.5. The van der Waals surface area contributed by atoms with Gasteiger partial charge >= 0.3 is 0 Å². The Morgan fingerprint density at radius 1 is 0.441 bits per heavy atom. The van der Waals surface area contributed by atoms with E-state index in [1.54, 1.807) is 48.5 Å². The van der Waals surface area contributed by atoms with Crippen molar-refractivity contribution in [1.29, 1.82) is 0 Å². The third kappa shape index (κ3) is 5.39. The summed E-state index contributed by atoms with van der Waals surface area (Å²) in [6.07, 6.45) is 0. The first-order valence-electron chi connectivity index (χ1n) is 10.3. The van der Waals surface area contributed by atoms with E-state index in [0.29, 0.717) is 33.6 Å². The molecule has 0 spiro atoms. The molecule has 4 aromatic rings. The van der Waals surface area contributed by atoms with Crippen LogP contribution in [0.25, 0.3) is 0 Å². The molecular formula is C27H18F2N2O3. The summed E-state index contributed by atoms with van der Waals surface area (Å²) in [7, 11) is 0. The molecule has 0 radical (unpaired) electrons. The van der Waals surface area contributed by atoms with Crippen molar-refractivity contribution in [2.24, 2.45) is 0 Å². The molecule has 7 heteroatoms. The molecule has 0 unspecified atom stereocenters. The number of anilines is 2. The van der Waals surface area contributed by atoms with E-state index in [0.717, 1.165) is 0 Å². The Labute approximate surface area is 194 Å². The van der Waals surface area contributed by atoms with Gasteiger partial charge in [-0.3, -0.25) is 14.4 Å². The molecule has 0 atom stereocenters. The summed E-state index contributed by atoms with van der Waals surface area (Å²) < 4.78 is 26.0. The summed E-state index contributed by atoms with van der Waals surface area (Å²) in [4.78, 5) is 37.2. The maximum Gasteiger partial charge on any atom is 0.255 e. The molecule has 5 nitrogen and oxygen atoms in total. The molecule has 0 aromatic heterocycles. The third-order valence-corrected chi connectivity index (χ3v) is 5.02. The molecule has 168 valence electrons. The van der Waals surface area contributed by atoms with Crippen LogP contribution in [0.3, 0.4) is 0 Å². The Morgan fingerprint density at radius 3 is 1.06 bits per heavy atom. The summed E-state index contributed by atoms with van der Waals surface area (Å²) in [5, 5.41) is 5.38. The SMILES string of the molecule is O=C(Nc1ccc(C(=O)c2ccc(NC(=O)c3ccc(F)cc3)cc2)cc1)c1ccc(F)cc1. The van der Waals surface area contributed by atoms with Crippen LogP contribution in [-0.4, -0.2) is 17.6 Å². The van der Waals surface area contributed by atoms with E-state index in [2.05, 4.69) is 10.6 Å². The lowest BCUT2D eigenvalue weighted by Crippen LogP contribution is -2.12. The molecular weight excluding hydrogens is 438 g/mol. The van der Waals surface area contributed by atoms with Gasteiger partial charge < -0.3 is 10.6 Å². The van der Waals surface area contributed by atoms with Crippen molar-refractivity contribution in [2.45, 2.75) is 0 Å². The first-order valence-corrected chi connectivity index (χ1v) is 10.3. The third-order valence-electron chi connectivity index (χ3n) is 5.02. The highest BCUT2D eigenvalue weighted by Crippen LogP contribution is 2.18. The van der Waals surface area contributed by atoms with E-state index in [-0.39, 0.29) is 5.78 Å². The van der Waals surface area contributed by atoms with Crippen molar-refractivity contribution in [1.82, 2.24) is 0 Å². The molecule has 0 aliphatic heterocycles. The van der Waals surface area contributed by atoms with Crippen molar-refractivity contribution in [3.63, 3.8) is 0 Å². The van der Waals surface area contributed by atoms with Gasteiger partial charge in [-0.15, -0.1) is 0 Å². The van der Waals surface area contributed by atoms with Crippen molar-refractivity contribution in [2.75, 3.05) is 10.6 Å². The monoisotopic (exact) mass is 456 g/mol. The van der Waals surface area contributed by atoms with Crippen LogP contribution in [-0.2, 0) is 0 Å². The second-order valence-corrected chi connectivity index (χ2v) is 7.41. The zero-order valence-corrected chi connectivity index (χ0v) is 17.7. The van der Waals surface area contributed by atoms with E-state index in [4.69, 9.17) is 0 Å². The lowest BCUT2D eigenvalue weighted by molar-refractivity contribution is 0.101. The lowest BCUT2D eigenvalue weighted by Gasteiger charge is -2.08. The number of nitrogens with one attached hydrogen (secondary N) is 2. The summed E-state index contributed by atoms with van der Waals surface area (Å²) in [6.45, 7) is 0. The zero-order chi connectivity index (χ0) is 24.1. The van der Waals surface area contributed by atoms with E-state index < -0.39 is 23.4 Å². The minimum atomic E-state index is -0.428. The number of carbonyl (C=O) groups is 3. The lowest BCUT2D eigenvalue weighted by atomic mass is 10.0. The number of hydrogen-bond donors (Lipinski definition) is 2. The molecule has 2 N–H and O–H groups in total. The van der Waals surface area contributed by atoms with Crippen molar-refractivity contribution >= 4 is 29.0 Å². The second-order valence-electron chi connectivity index (χ2n) is 7.41. The van der Waals surface area contributed by atoms with Crippen molar-refractivity contribution in [3.8, 4) is 0 Å². The molecule has 0 fully saturated rings. The smallest absolute Gasteiger partial charge is 0.255 e. The van der Waals surface area contributed by atoms with Gasteiger partial charge in [0.25, 0.3) is 11.8 Å². The van der Waals surface area contributed by atoms with E-state index in [1.807, 2.05) is 0 Å². The number of halogens is 2. The molecule has 2 amide bonds. The van der Waals surface area contributed by atoms with Crippen LogP contribution in [0.1, 0.15) is 36.6 Å². The normalized spacial score (nSPS) is 10.4. The fourth-order valence-electron chi connectivity index (χ4n) is 3.19. The fourth-order valence-corrected chi connectivity index (χ4v) is 3.19. The minimum absolute atomic E-state index is 0.229. The van der Waals surface area contributed by atoms with Crippen LogP contribution in [0, 0.1) is 11.6 Å². The largest absolute Gasteiger partial charge is 0.322 e. The fraction of sp³-hybridized carbons (Fsp3) is 0. The average molecular weight is 456 g/mol. The molecule has 0 bridgehead atoms. The van der Waals surface area contributed by atoms with Crippen LogP contribution in [0.2, 0.25) is 0 Å². The standard InChI is InChI=1S/C27H18F2N2O3/c28-21-9-1-19(2-10-21)26(33)30-23-13-5-17(6-14-23)25(32)18-7-15-24(16-8-18)31-27(34)20-3-11-22(29)12-4-20/h1-16H,(H,30,33)(H,31,34). The Bertz CT molecular complexity index is 1230. The molecule has 4 aromatic carbocycles. The molecule has 0 heterocycles. The molecule has 0 aliphatic carbocycles. The molecule has 0 aliphatic rings.